The molecule has 0 aliphatic carbocycles. The first-order chi connectivity index (χ1) is 8.97. The summed E-state index contributed by atoms with van der Waals surface area (Å²) in [4.78, 5) is 0. The molecule has 0 bridgehead atoms. The molecular weight excluding hydrogens is 427 g/mol. The van der Waals surface area contributed by atoms with Gasteiger partial charge in [0.1, 0.15) is 11.6 Å². The van der Waals surface area contributed by atoms with Crippen LogP contribution in [0.15, 0.2) is 40.9 Å². The monoisotopic (exact) mass is 437 g/mol. The lowest BCUT2D eigenvalue weighted by Crippen LogP contribution is -2.15. The average Bonchev–Trinajstić information content (AvgIpc) is 2.33. The van der Waals surface area contributed by atoms with Crippen molar-refractivity contribution in [2.45, 2.75) is 12.5 Å². The summed E-state index contributed by atoms with van der Waals surface area (Å²) in [5, 5.41) is 0. The van der Waals surface area contributed by atoms with Crippen molar-refractivity contribution in [2.75, 3.05) is 0 Å². The molecule has 100 valence electrons. The maximum Gasteiger partial charge on any atom is 0.137 e. The topological polar surface area (TPSA) is 26.0 Å². The van der Waals surface area contributed by atoms with E-state index >= 15 is 0 Å². The Morgan fingerprint density at radius 3 is 2.53 bits per heavy atom. The lowest BCUT2D eigenvalue weighted by Gasteiger charge is -2.14. The number of nitrogens with two attached hydrogens (primary N) is 1. The smallest absolute Gasteiger partial charge is 0.137 e. The minimum Gasteiger partial charge on any atom is -0.324 e. The van der Waals surface area contributed by atoms with Crippen molar-refractivity contribution < 1.29 is 8.78 Å². The maximum absolute atomic E-state index is 13.1. The van der Waals surface area contributed by atoms with E-state index in [0.29, 0.717) is 10.9 Å². The second kappa shape index (κ2) is 6.28. The third-order valence-electron chi connectivity index (χ3n) is 2.80. The van der Waals surface area contributed by atoms with Gasteiger partial charge in [-0.25, -0.2) is 8.78 Å². The lowest BCUT2D eigenvalue weighted by atomic mass is 10.00. The molecule has 0 fully saturated rings. The number of rotatable bonds is 3. The molecule has 0 radical (unpaired) electrons. The highest BCUT2D eigenvalue weighted by Crippen LogP contribution is 2.24. The van der Waals surface area contributed by atoms with Crippen molar-refractivity contribution in [2.24, 2.45) is 5.73 Å². The highest BCUT2D eigenvalue weighted by Gasteiger charge is 2.12. The summed E-state index contributed by atoms with van der Waals surface area (Å²) >= 11 is 5.22. The van der Waals surface area contributed by atoms with Gasteiger partial charge < -0.3 is 5.73 Å². The van der Waals surface area contributed by atoms with Gasteiger partial charge in [-0.05, 0) is 80.3 Å². The number of hydrogen-bond donors (Lipinski definition) is 1. The fraction of sp³-hybridized carbons (Fsp3) is 0.143. The van der Waals surface area contributed by atoms with E-state index in [2.05, 4.69) is 38.5 Å². The quantitative estimate of drug-likeness (QED) is 0.699. The van der Waals surface area contributed by atoms with Gasteiger partial charge in [0.15, 0.2) is 0 Å². The summed E-state index contributed by atoms with van der Waals surface area (Å²) in [5.41, 5.74) is 7.95. The molecule has 2 rings (SSSR count). The van der Waals surface area contributed by atoms with Gasteiger partial charge in [-0.2, -0.15) is 0 Å². The maximum atomic E-state index is 13.1. The van der Waals surface area contributed by atoms with Crippen molar-refractivity contribution in [3.05, 3.63) is 67.2 Å². The SMILES string of the molecule is NC(Cc1ccc(F)c(Br)c1)c1ccc(F)cc1I. The Kier molecular flexibility index (Phi) is 4.92. The third kappa shape index (κ3) is 3.73. The fourth-order valence-electron chi connectivity index (χ4n) is 1.83. The summed E-state index contributed by atoms with van der Waals surface area (Å²) in [5.74, 6) is -0.571. The van der Waals surface area contributed by atoms with E-state index in [4.69, 9.17) is 5.73 Å². The van der Waals surface area contributed by atoms with Crippen LogP contribution in [0, 0.1) is 15.2 Å². The van der Waals surface area contributed by atoms with Crippen molar-refractivity contribution in [1.29, 1.82) is 0 Å². The summed E-state index contributed by atoms with van der Waals surface area (Å²) in [6.45, 7) is 0. The summed E-state index contributed by atoms with van der Waals surface area (Å²) in [7, 11) is 0. The Morgan fingerprint density at radius 1 is 1.16 bits per heavy atom. The molecule has 0 aliphatic heterocycles. The van der Waals surface area contributed by atoms with E-state index < -0.39 is 0 Å². The molecule has 19 heavy (non-hydrogen) atoms. The van der Waals surface area contributed by atoms with Gasteiger partial charge in [-0.3, -0.25) is 0 Å². The molecule has 0 saturated carbocycles. The first kappa shape index (κ1) is 14.9. The van der Waals surface area contributed by atoms with Crippen LogP contribution < -0.4 is 5.73 Å². The van der Waals surface area contributed by atoms with E-state index in [9.17, 15) is 8.78 Å². The average molecular weight is 438 g/mol. The zero-order valence-corrected chi connectivity index (χ0v) is 13.6. The van der Waals surface area contributed by atoms with Crippen LogP contribution in [0.2, 0.25) is 0 Å². The molecule has 0 aromatic heterocycles. The molecule has 0 aliphatic rings. The highest BCUT2D eigenvalue weighted by atomic mass is 127. The first-order valence-electron chi connectivity index (χ1n) is 5.62. The van der Waals surface area contributed by atoms with Crippen LogP contribution in [0.4, 0.5) is 8.78 Å². The summed E-state index contributed by atoms with van der Waals surface area (Å²) in [6, 6.07) is 9.13. The Balaban J connectivity index is 2.20. The zero-order chi connectivity index (χ0) is 14.0. The minimum absolute atomic E-state index is 0.245. The van der Waals surface area contributed by atoms with E-state index in [1.807, 2.05) is 0 Å². The Bertz CT molecular complexity index is 604. The molecular formula is C14H11BrF2IN. The number of benzene rings is 2. The van der Waals surface area contributed by atoms with Gasteiger partial charge in [0.05, 0.1) is 4.47 Å². The van der Waals surface area contributed by atoms with E-state index in [-0.39, 0.29) is 17.7 Å². The van der Waals surface area contributed by atoms with Crippen LogP contribution in [-0.2, 0) is 6.42 Å². The van der Waals surface area contributed by atoms with E-state index in [0.717, 1.165) is 14.7 Å². The molecule has 1 nitrogen and oxygen atoms in total. The van der Waals surface area contributed by atoms with Crippen molar-refractivity contribution in [1.82, 2.24) is 0 Å². The van der Waals surface area contributed by atoms with Crippen LogP contribution in [0.1, 0.15) is 17.2 Å². The Labute approximate surface area is 132 Å². The van der Waals surface area contributed by atoms with Crippen LogP contribution in [-0.4, -0.2) is 0 Å². The normalized spacial score (nSPS) is 12.5. The standard InChI is InChI=1S/C14H11BrF2IN/c15-11-5-8(1-4-12(11)17)6-14(19)10-3-2-9(16)7-13(10)18/h1-5,7,14H,6,19H2. The molecule has 1 unspecified atom stereocenters. The van der Waals surface area contributed by atoms with Crippen LogP contribution >= 0.6 is 38.5 Å². The molecule has 2 aromatic carbocycles. The molecule has 1 atom stereocenters. The second-order valence-electron chi connectivity index (χ2n) is 4.22. The predicted octanol–water partition coefficient (Wildman–Crippen LogP) is 4.57. The number of hydrogen-bond acceptors (Lipinski definition) is 1. The Hall–Kier alpha value is -0.530. The second-order valence-corrected chi connectivity index (χ2v) is 6.24. The van der Waals surface area contributed by atoms with Gasteiger partial charge >= 0.3 is 0 Å². The van der Waals surface area contributed by atoms with Crippen LogP contribution in [0.25, 0.3) is 0 Å². The van der Waals surface area contributed by atoms with Gasteiger partial charge in [-0.15, -0.1) is 0 Å². The van der Waals surface area contributed by atoms with E-state index in [1.165, 1.54) is 18.2 Å². The largest absolute Gasteiger partial charge is 0.324 e. The van der Waals surface area contributed by atoms with Crippen molar-refractivity contribution >= 4 is 38.5 Å². The predicted molar refractivity (Wildman–Crippen MR) is 83.8 cm³/mol. The third-order valence-corrected chi connectivity index (χ3v) is 4.34. The number of halogens is 4. The molecule has 0 amide bonds. The van der Waals surface area contributed by atoms with Crippen molar-refractivity contribution in [3.8, 4) is 0 Å². The zero-order valence-electron chi connectivity index (χ0n) is 9.84. The van der Waals surface area contributed by atoms with Crippen molar-refractivity contribution in [3.63, 3.8) is 0 Å². The minimum atomic E-state index is -0.298. The van der Waals surface area contributed by atoms with Gasteiger partial charge in [0, 0.05) is 9.61 Å². The van der Waals surface area contributed by atoms with Crippen LogP contribution in [0.5, 0.6) is 0 Å². The van der Waals surface area contributed by atoms with Crippen LogP contribution in [0.3, 0.4) is 0 Å². The molecule has 2 aromatic rings. The highest BCUT2D eigenvalue weighted by molar-refractivity contribution is 14.1. The fourth-order valence-corrected chi connectivity index (χ4v) is 3.14. The Morgan fingerprint density at radius 2 is 1.89 bits per heavy atom. The van der Waals surface area contributed by atoms with Gasteiger partial charge in [0.2, 0.25) is 0 Å². The van der Waals surface area contributed by atoms with E-state index in [1.54, 1.807) is 18.2 Å². The molecule has 5 heteroatoms. The lowest BCUT2D eigenvalue weighted by molar-refractivity contribution is 0.617. The summed E-state index contributed by atoms with van der Waals surface area (Å²) < 4.78 is 27.4. The van der Waals surface area contributed by atoms with Gasteiger partial charge in [0.25, 0.3) is 0 Å². The molecule has 0 heterocycles. The molecule has 0 saturated heterocycles. The molecule has 0 spiro atoms. The molecule has 2 N–H and O–H groups in total. The van der Waals surface area contributed by atoms with Gasteiger partial charge in [-0.1, -0.05) is 12.1 Å². The summed E-state index contributed by atoms with van der Waals surface area (Å²) in [6.07, 6.45) is 0.570. The first-order valence-corrected chi connectivity index (χ1v) is 7.49.